The van der Waals surface area contributed by atoms with Crippen LogP contribution in [0.5, 0.6) is 0 Å². The Morgan fingerprint density at radius 3 is 2.52 bits per heavy atom. The Labute approximate surface area is 170 Å². The Morgan fingerprint density at radius 1 is 1.21 bits per heavy atom. The summed E-state index contributed by atoms with van der Waals surface area (Å²) in [4.78, 5) is 22.1. The average Bonchev–Trinajstić information content (AvgIpc) is 3.21. The fraction of sp³-hybridized carbons (Fsp3) is 0.550. The number of anilines is 1. The van der Waals surface area contributed by atoms with Crippen LogP contribution in [0.15, 0.2) is 23.6 Å². The van der Waals surface area contributed by atoms with Gasteiger partial charge in [0.2, 0.25) is 16.0 Å². The molecule has 2 aromatic heterocycles. The van der Waals surface area contributed by atoms with E-state index in [0.29, 0.717) is 43.1 Å². The number of sulfonamides is 1. The van der Waals surface area contributed by atoms with E-state index in [9.17, 15) is 13.2 Å². The molecule has 4 rings (SSSR count). The minimum absolute atomic E-state index is 0.0505. The fourth-order valence-corrected chi connectivity index (χ4v) is 5.25. The van der Waals surface area contributed by atoms with Gasteiger partial charge in [-0.3, -0.25) is 9.36 Å². The fourth-order valence-electron chi connectivity index (χ4n) is 4.37. The second kappa shape index (κ2) is 7.87. The molecule has 0 atom stereocenters. The zero-order valence-corrected chi connectivity index (χ0v) is 17.5. The maximum atomic E-state index is 13.0. The summed E-state index contributed by atoms with van der Waals surface area (Å²) in [6.45, 7) is 4.74. The van der Waals surface area contributed by atoms with Crippen molar-refractivity contribution < 1.29 is 8.42 Å². The van der Waals surface area contributed by atoms with Gasteiger partial charge in [0, 0.05) is 42.3 Å². The number of hydrogen-bond donors (Lipinski definition) is 1. The molecular formula is C20H27N5O3S. The third-order valence-corrected chi connectivity index (χ3v) is 7.27. The highest BCUT2D eigenvalue weighted by atomic mass is 32.2. The van der Waals surface area contributed by atoms with Crippen LogP contribution in [0.25, 0.3) is 17.1 Å². The van der Waals surface area contributed by atoms with Crippen LogP contribution >= 0.6 is 0 Å². The van der Waals surface area contributed by atoms with Gasteiger partial charge in [0.1, 0.15) is 5.65 Å². The van der Waals surface area contributed by atoms with E-state index in [-0.39, 0.29) is 17.6 Å². The van der Waals surface area contributed by atoms with E-state index in [2.05, 4.69) is 16.9 Å². The van der Waals surface area contributed by atoms with E-state index < -0.39 is 10.0 Å². The third kappa shape index (κ3) is 4.06. The molecule has 1 saturated heterocycles. The maximum absolute atomic E-state index is 13.0. The lowest BCUT2D eigenvalue weighted by Gasteiger charge is -2.30. The summed E-state index contributed by atoms with van der Waals surface area (Å²) in [5, 5.41) is 4.15. The second-order valence-corrected chi connectivity index (χ2v) is 9.95. The Balaban J connectivity index is 1.63. The summed E-state index contributed by atoms with van der Waals surface area (Å²) < 4.78 is 26.7. The van der Waals surface area contributed by atoms with Crippen molar-refractivity contribution in [3.05, 3.63) is 34.8 Å². The predicted octanol–water partition coefficient (Wildman–Crippen LogP) is 2.39. The molecule has 0 unspecified atom stereocenters. The van der Waals surface area contributed by atoms with Crippen LogP contribution in [-0.4, -0.2) is 52.6 Å². The number of nitrogens with zero attached hydrogens (tertiary/aromatic N) is 4. The molecule has 156 valence electrons. The zero-order valence-electron chi connectivity index (χ0n) is 16.7. The summed E-state index contributed by atoms with van der Waals surface area (Å²) in [5.41, 5.74) is 1.17. The first kappa shape index (κ1) is 20.0. The Morgan fingerprint density at radius 2 is 1.90 bits per heavy atom. The summed E-state index contributed by atoms with van der Waals surface area (Å²) in [7, 11) is -3.15. The van der Waals surface area contributed by atoms with Crippen LogP contribution in [0.3, 0.4) is 0 Å². The van der Waals surface area contributed by atoms with Gasteiger partial charge in [0.25, 0.3) is 5.56 Å². The van der Waals surface area contributed by atoms with Crippen LogP contribution in [0.2, 0.25) is 0 Å². The smallest absolute Gasteiger partial charge is 0.259 e. The second-order valence-electron chi connectivity index (χ2n) is 7.97. The standard InChI is InChI=1S/C20H27N5O3S/c1-3-14-12-15-13-21-20(22-16-8-10-24(11-9-16)29(2,27)28)23-18(15)25(19(14)26)17-6-4-5-7-17/h3,12-13,16-17H,1,4-11H2,2H3,(H,21,22,23). The lowest BCUT2D eigenvalue weighted by molar-refractivity contribution is 0.331. The summed E-state index contributed by atoms with van der Waals surface area (Å²) in [5.74, 6) is 0.479. The number of nitrogens with one attached hydrogen (secondary N) is 1. The van der Waals surface area contributed by atoms with Crippen molar-refractivity contribution in [3.8, 4) is 0 Å². The molecule has 3 heterocycles. The van der Waals surface area contributed by atoms with E-state index in [1.165, 1.54) is 10.6 Å². The molecule has 1 aliphatic heterocycles. The SMILES string of the molecule is C=Cc1cc2cnc(NC3CCN(S(C)(=O)=O)CC3)nc2n(C2CCCC2)c1=O. The van der Waals surface area contributed by atoms with Crippen LogP contribution in [0.1, 0.15) is 50.1 Å². The average molecular weight is 418 g/mol. The van der Waals surface area contributed by atoms with Gasteiger partial charge < -0.3 is 5.32 Å². The molecule has 8 nitrogen and oxygen atoms in total. The minimum atomic E-state index is -3.15. The molecular weight excluding hydrogens is 390 g/mol. The van der Waals surface area contributed by atoms with Gasteiger partial charge in [0.05, 0.1) is 6.26 Å². The minimum Gasteiger partial charge on any atom is -0.351 e. The van der Waals surface area contributed by atoms with Crippen molar-refractivity contribution in [2.24, 2.45) is 0 Å². The molecule has 1 aliphatic carbocycles. The normalized spacial score (nSPS) is 19.6. The topological polar surface area (TPSA) is 97.2 Å². The molecule has 0 aromatic carbocycles. The molecule has 0 radical (unpaired) electrons. The Kier molecular flexibility index (Phi) is 5.44. The van der Waals surface area contributed by atoms with Crippen LogP contribution in [0.4, 0.5) is 5.95 Å². The van der Waals surface area contributed by atoms with E-state index in [0.717, 1.165) is 31.1 Å². The number of fused-ring (bicyclic) bond motifs is 1. The first-order valence-corrected chi connectivity index (χ1v) is 12.0. The number of piperidine rings is 1. The maximum Gasteiger partial charge on any atom is 0.259 e. The third-order valence-electron chi connectivity index (χ3n) is 5.97. The van der Waals surface area contributed by atoms with Crippen molar-refractivity contribution in [2.45, 2.75) is 50.6 Å². The Hall–Kier alpha value is -2.26. The molecule has 0 bridgehead atoms. The lowest BCUT2D eigenvalue weighted by atomic mass is 10.1. The summed E-state index contributed by atoms with van der Waals surface area (Å²) in [6, 6.07) is 2.06. The van der Waals surface area contributed by atoms with Gasteiger partial charge in [-0.25, -0.2) is 17.7 Å². The summed E-state index contributed by atoms with van der Waals surface area (Å²) in [6.07, 6.45) is 10.2. The van der Waals surface area contributed by atoms with Gasteiger partial charge >= 0.3 is 0 Å². The Bertz CT molecular complexity index is 1080. The quantitative estimate of drug-likeness (QED) is 0.802. The van der Waals surface area contributed by atoms with Crippen molar-refractivity contribution in [1.82, 2.24) is 18.8 Å². The number of hydrogen-bond acceptors (Lipinski definition) is 6. The molecule has 2 aromatic rings. The predicted molar refractivity (Wildman–Crippen MR) is 114 cm³/mol. The molecule has 29 heavy (non-hydrogen) atoms. The highest BCUT2D eigenvalue weighted by Crippen LogP contribution is 2.31. The van der Waals surface area contributed by atoms with E-state index >= 15 is 0 Å². The molecule has 1 N–H and O–H groups in total. The van der Waals surface area contributed by atoms with Crippen molar-refractivity contribution >= 4 is 33.1 Å². The number of rotatable bonds is 5. The van der Waals surface area contributed by atoms with Crippen LogP contribution in [0, 0.1) is 0 Å². The molecule has 2 aliphatic rings. The van der Waals surface area contributed by atoms with Gasteiger partial charge in [-0.2, -0.15) is 4.98 Å². The van der Waals surface area contributed by atoms with Crippen LogP contribution in [-0.2, 0) is 10.0 Å². The zero-order chi connectivity index (χ0) is 20.6. The number of aromatic nitrogens is 3. The van der Waals surface area contributed by atoms with E-state index in [4.69, 9.17) is 4.98 Å². The van der Waals surface area contributed by atoms with Crippen molar-refractivity contribution in [1.29, 1.82) is 0 Å². The summed E-state index contributed by atoms with van der Waals surface area (Å²) >= 11 is 0. The highest BCUT2D eigenvalue weighted by molar-refractivity contribution is 7.88. The van der Waals surface area contributed by atoms with Crippen LogP contribution < -0.4 is 10.9 Å². The van der Waals surface area contributed by atoms with Crippen molar-refractivity contribution in [2.75, 3.05) is 24.7 Å². The first-order valence-electron chi connectivity index (χ1n) is 10.1. The van der Waals surface area contributed by atoms with Gasteiger partial charge in [-0.05, 0) is 31.7 Å². The first-order chi connectivity index (χ1) is 13.9. The lowest BCUT2D eigenvalue weighted by Crippen LogP contribution is -2.42. The highest BCUT2D eigenvalue weighted by Gasteiger charge is 2.26. The van der Waals surface area contributed by atoms with Gasteiger partial charge in [-0.15, -0.1) is 0 Å². The number of pyridine rings is 1. The molecule has 0 spiro atoms. The van der Waals surface area contributed by atoms with E-state index in [1.807, 2.05) is 4.57 Å². The molecule has 9 heteroatoms. The van der Waals surface area contributed by atoms with E-state index in [1.54, 1.807) is 18.3 Å². The molecule has 1 saturated carbocycles. The van der Waals surface area contributed by atoms with Gasteiger partial charge in [0.15, 0.2) is 0 Å². The molecule has 0 amide bonds. The molecule has 2 fully saturated rings. The van der Waals surface area contributed by atoms with Crippen molar-refractivity contribution in [3.63, 3.8) is 0 Å². The van der Waals surface area contributed by atoms with Gasteiger partial charge in [-0.1, -0.05) is 25.5 Å². The largest absolute Gasteiger partial charge is 0.351 e. The monoisotopic (exact) mass is 417 g/mol.